The Kier molecular flexibility index (Phi) is 4.65. The molecule has 0 radical (unpaired) electrons. The van der Waals surface area contributed by atoms with Gasteiger partial charge in [-0.25, -0.2) is 9.31 Å². The highest BCUT2D eigenvalue weighted by molar-refractivity contribution is 5.73. The largest absolute Gasteiger partial charge is 0.369 e. The molecule has 1 unspecified atom stereocenters. The number of aromatic nitrogens is 6. The molecule has 0 aliphatic carbocycles. The van der Waals surface area contributed by atoms with E-state index in [0.29, 0.717) is 6.04 Å². The lowest BCUT2D eigenvalue weighted by Gasteiger charge is -2.39. The van der Waals surface area contributed by atoms with Crippen molar-refractivity contribution in [2.75, 3.05) is 31.1 Å². The third-order valence-corrected chi connectivity index (χ3v) is 5.62. The normalized spacial score (nSPS) is 16.4. The zero-order valence-corrected chi connectivity index (χ0v) is 16.2. The predicted octanol–water partition coefficient (Wildman–Crippen LogP) is 1.95. The summed E-state index contributed by atoms with van der Waals surface area (Å²) < 4.78 is 6.46. The summed E-state index contributed by atoms with van der Waals surface area (Å²) in [7, 11) is 0. The maximum absolute atomic E-state index is 4.80. The summed E-state index contributed by atoms with van der Waals surface area (Å²) in [5.74, 6) is 0. The van der Waals surface area contributed by atoms with Crippen molar-refractivity contribution in [2.24, 2.45) is 0 Å². The number of hydrogen-bond donors (Lipinski definition) is 0. The van der Waals surface area contributed by atoms with Gasteiger partial charge in [0.2, 0.25) is 0 Å². The Hall–Kier alpha value is -3.33. The fourth-order valence-corrected chi connectivity index (χ4v) is 3.94. The molecule has 0 saturated carbocycles. The molecule has 5 rings (SSSR count). The van der Waals surface area contributed by atoms with Crippen LogP contribution in [0.15, 0.2) is 53.4 Å². The van der Waals surface area contributed by atoms with E-state index in [-0.39, 0.29) is 0 Å². The molecule has 1 saturated heterocycles. The second kappa shape index (κ2) is 7.59. The average Bonchev–Trinajstić information content (AvgIpc) is 3.46. The van der Waals surface area contributed by atoms with E-state index in [0.717, 1.165) is 49.3 Å². The molecule has 0 bridgehead atoms. The van der Waals surface area contributed by atoms with Gasteiger partial charge in [-0.15, -0.1) is 5.10 Å². The molecular weight excluding hydrogens is 368 g/mol. The maximum atomic E-state index is 4.80. The van der Waals surface area contributed by atoms with Gasteiger partial charge in [0.25, 0.3) is 0 Å². The standard InChI is InChI=1S/C20H22N8O/c1-15(12-16-2-7-19-20(13-16)23-29-22-19)26-8-10-27(11-9-26)17-3-5-18(6-4-17)28-14-21-24-25-28/h2-7,13-15H,8-12H2,1H3. The lowest BCUT2D eigenvalue weighted by molar-refractivity contribution is 0.196. The highest BCUT2D eigenvalue weighted by atomic mass is 16.6. The summed E-state index contributed by atoms with van der Waals surface area (Å²) in [6, 6.07) is 15.0. The van der Waals surface area contributed by atoms with E-state index in [4.69, 9.17) is 4.63 Å². The Bertz CT molecular complexity index is 1070. The average molecular weight is 390 g/mol. The molecule has 9 heteroatoms. The van der Waals surface area contributed by atoms with Gasteiger partial charge in [0, 0.05) is 37.9 Å². The molecule has 1 aliphatic rings. The van der Waals surface area contributed by atoms with E-state index >= 15 is 0 Å². The third-order valence-electron chi connectivity index (χ3n) is 5.62. The number of hydrogen-bond acceptors (Lipinski definition) is 8. The molecule has 2 aromatic carbocycles. The van der Waals surface area contributed by atoms with Gasteiger partial charge in [0.05, 0.1) is 5.69 Å². The van der Waals surface area contributed by atoms with E-state index in [9.17, 15) is 0 Å². The first-order valence-corrected chi connectivity index (χ1v) is 9.80. The van der Waals surface area contributed by atoms with E-state index < -0.39 is 0 Å². The summed E-state index contributed by atoms with van der Waals surface area (Å²) in [6.07, 6.45) is 2.59. The minimum absolute atomic E-state index is 0.469. The molecule has 1 aliphatic heterocycles. The number of benzene rings is 2. The first-order chi connectivity index (χ1) is 14.3. The molecule has 0 amide bonds. The quantitative estimate of drug-likeness (QED) is 0.511. The molecule has 9 nitrogen and oxygen atoms in total. The van der Waals surface area contributed by atoms with Crippen molar-refractivity contribution < 1.29 is 4.63 Å². The highest BCUT2D eigenvalue weighted by Gasteiger charge is 2.21. The number of rotatable bonds is 5. The molecule has 1 fully saturated rings. The summed E-state index contributed by atoms with van der Waals surface area (Å²) in [6.45, 7) is 6.41. The number of nitrogens with zero attached hydrogens (tertiary/aromatic N) is 8. The number of piperazine rings is 1. The van der Waals surface area contributed by atoms with Crippen molar-refractivity contribution >= 4 is 16.7 Å². The SMILES string of the molecule is CC(Cc1ccc2nonc2c1)N1CCN(c2ccc(-n3cnnn3)cc2)CC1. The first-order valence-electron chi connectivity index (χ1n) is 9.80. The number of fused-ring (bicyclic) bond motifs is 1. The summed E-state index contributed by atoms with van der Waals surface area (Å²) >= 11 is 0. The van der Waals surface area contributed by atoms with Crippen LogP contribution in [-0.2, 0) is 6.42 Å². The van der Waals surface area contributed by atoms with Crippen LogP contribution in [0, 0.1) is 0 Å². The van der Waals surface area contributed by atoms with Gasteiger partial charge in [0.15, 0.2) is 0 Å². The van der Waals surface area contributed by atoms with Gasteiger partial charge in [-0.05, 0) is 76.0 Å². The van der Waals surface area contributed by atoms with Crippen molar-refractivity contribution in [3.8, 4) is 5.69 Å². The van der Waals surface area contributed by atoms with Crippen molar-refractivity contribution in [1.29, 1.82) is 0 Å². The monoisotopic (exact) mass is 390 g/mol. The zero-order valence-electron chi connectivity index (χ0n) is 16.2. The second-order valence-corrected chi connectivity index (χ2v) is 7.43. The number of tetrazole rings is 1. The Balaban J connectivity index is 1.18. The molecule has 1 atom stereocenters. The van der Waals surface area contributed by atoms with E-state index in [1.165, 1.54) is 11.3 Å². The Morgan fingerprint density at radius 1 is 0.931 bits per heavy atom. The second-order valence-electron chi connectivity index (χ2n) is 7.43. The van der Waals surface area contributed by atoms with Crippen molar-refractivity contribution in [2.45, 2.75) is 19.4 Å². The van der Waals surface area contributed by atoms with Gasteiger partial charge in [-0.3, -0.25) is 4.90 Å². The van der Waals surface area contributed by atoms with E-state index in [1.807, 2.05) is 6.07 Å². The van der Waals surface area contributed by atoms with Crippen LogP contribution in [0.2, 0.25) is 0 Å². The van der Waals surface area contributed by atoms with Crippen molar-refractivity contribution in [1.82, 2.24) is 35.4 Å². The Labute approximate surface area is 167 Å². The van der Waals surface area contributed by atoms with Crippen LogP contribution < -0.4 is 4.90 Å². The predicted molar refractivity (Wildman–Crippen MR) is 108 cm³/mol. The van der Waals surface area contributed by atoms with Crippen LogP contribution in [-0.4, -0.2) is 67.6 Å². The van der Waals surface area contributed by atoms with Gasteiger partial charge in [0.1, 0.15) is 17.4 Å². The van der Waals surface area contributed by atoms with E-state index in [2.05, 4.69) is 79.0 Å². The fraction of sp³-hybridized carbons (Fsp3) is 0.350. The fourth-order valence-electron chi connectivity index (χ4n) is 3.94. The summed E-state index contributed by atoms with van der Waals surface area (Å²) in [4.78, 5) is 4.98. The first kappa shape index (κ1) is 17.7. The third kappa shape index (κ3) is 3.68. The van der Waals surface area contributed by atoms with Gasteiger partial charge in [-0.1, -0.05) is 6.07 Å². The lowest BCUT2D eigenvalue weighted by Crippen LogP contribution is -2.50. The smallest absolute Gasteiger partial charge is 0.143 e. The molecule has 3 heterocycles. The maximum Gasteiger partial charge on any atom is 0.143 e. The van der Waals surface area contributed by atoms with Crippen molar-refractivity contribution in [3.05, 3.63) is 54.4 Å². The van der Waals surface area contributed by atoms with E-state index in [1.54, 1.807) is 11.0 Å². The summed E-state index contributed by atoms with van der Waals surface area (Å²) in [5, 5.41) is 19.1. The molecule has 0 spiro atoms. The van der Waals surface area contributed by atoms with Crippen LogP contribution in [0.1, 0.15) is 12.5 Å². The van der Waals surface area contributed by atoms with Gasteiger partial charge in [-0.2, -0.15) is 0 Å². The van der Waals surface area contributed by atoms with Gasteiger partial charge < -0.3 is 4.90 Å². The van der Waals surface area contributed by atoms with Crippen LogP contribution in [0.4, 0.5) is 5.69 Å². The van der Waals surface area contributed by atoms with Crippen LogP contribution in [0.3, 0.4) is 0 Å². The summed E-state index contributed by atoms with van der Waals surface area (Å²) in [5.41, 5.74) is 5.09. The van der Waals surface area contributed by atoms with Crippen LogP contribution >= 0.6 is 0 Å². The molecule has 148 valence electrons. The van der Waals surface area contributed by atoms with Crippen molar-refractivity contribution in [3.63, 3.8) is 0 Å². The van der Waals surface area contributed by atoms with Crippen LogP contribution in [0.5, 0.6) is 0 Å². The van der Waals surface area contributed by atoms with Crippen LogP contribution in [0.25, 0.3) is 16.7 Å². The zero-order chi connectivity index (χ0) is 19.6. The number of anilines is 1. The highest BCUT2D eigenvalue weighted by Crippen LogP contribution is 2.21. The topological polar surface area (TPSA) is 89.0 Å². The molecule has 0 N–H and O–H groups in total. The lowest BCUT2D eigenvalue weighted by atomic mass is 10.0. The molecule has 2 aromatic heterocycles. The molecular formula is C20H22N8O. The minimum atomic E-state index is 0.469. The Morgan fingerprint density at radius 2 is 1.69 bits per heavy atom. The Morgan fingerprint density at radius 3 is 2.45 bits per heavy atom. The molecule has 29 heavy (non-hydrogen) atoms. The molecule has 4 aromatic rings. The minimum Gasteiger partial charge on any atom is -0.369 e. The van der Waals surface area contributed by atoms with Gasteiger partial charge >= 0.3 is 0 Å².